The highest BCUT2D eigenvalue weighted by molar-refractivity contribution is 6.08. The summed E-state index contributed by atoms with van der Waals surface area (Å²) in [4.78, 5) is 17.3. The highest BCUT2D eigenvalue weighted by atomic mass is 16.5. The number of aromatic nitrogens is 3. The Bertz CT molecular complexity index is 1140. The second-order valence-electron chi connectivity index (χ2n) is 6.38. The number of hydrogen-bond donors (Lipinski definition) is 1. The maximum absolute atomic E-state index is 12.9. The van der Waals surface area contributed by atoms with Crippen molar-refractivity contribution in [2.24, 2.45) is 0 Å². The van der Waals surface area contributed by atoms with Gasteiger partial charge in [0.15, 0.2) is 5.65 Å². The highest BCUT2D eigenvalue weighted by Gasteiger charge is 2.17. The predicted octanol–water partition coefficient (Wildman–Crippen LogP) is 4.36. The van der Waals surface area contributed by atoms with Crippen LogP contribution in [0.5, 0.6) is 5.75 Å². The molecule has 4 aromatic rings. The molecule has 0 saturated carbocycles. The summed E-state index contributed by atoms with van der Waals surface area (Å²) < 4.78 is 7.33. The zero-order chi connectivity index (χ0) is 19.5. The first-order valence-electron chi connectivity index (χ1n) is 9.10. The van der Waals surface area contributed by atoms with E-state index < -0.39 is 0 Å². The molecule has 0 aliphatic rings. The minimum atomic E-state index is -0.280. The van der Waals surface area contributed by atoms with Crippen molar-refractivity contribution >= 4 is 17.2 Å². The third-order valence-corrected chi connectivity index (χ3v) is 4.40. The lowest BCUT2D eigenvalue weighted by Crippen LogP contribution is -2.13. The van der Waals surface area contributed by atoms with Gasteiger partial charge in [0.2, 0.25) is 0 Å². The summed E-state index contributed by atoms with van der Waals surface area (Å²) in [6.07, 6.45) is 3.23. The van der Waals surface area contributed by atoms with Crippen molar-refractivity contribution in [3.05, 3.63) is 78.1 Å². The molecule has 6 heteroatoms. The number of nitrogens with one attached hydrogen (secondary N) is 1. The van der Waals surface area contributed by atoms with Crippen LogP contribution in [-0.2, 0) is 0 Å². The lowest BCUT2D eigenvalue weighted by molar-refractivity contribution is 0.102. The molecule has 6 nitrogen and oxygen atoms in total. The third kappa shape index (κ3) is 3.32. The number of carbonyl (C=O) groups excluding carboxylic acids is 1. The maximum Gasteiger partial charge on any atom is 0.261 e. The van der Waals surface area contributed by atoms with Gasteiger partial charge in [-0.15, -0.1) is 0 Å². The molecule has 1 N–H and O–H groups in total. The van der Waals surface area contributed by atoms with Crippen LogP contribution in [0.25, 0.3) is 16.9 Å². The van der Waals surface area contributed by atoms with E-state index in [1.807, 2.05) is 68.4 Å². The number of anilines is 1. The van der Waals surface area contributed by atoms with Crippen LogP contribution in [0.4, 0.5) is 5.69 Å². The second kappa shape index (κ2) is 7.52. The molecule has 0 fully saturated rings. The molecule has 0 saturated heterocycles. The van der Waals surface area contributed by atoms with E-state index in [4.69, 9.17) is 4.74 Å². The Hall–Kier alpha value is -3.67. The molecule has 0 unspecified atom stereocenters. The largest absolute Gasteiger partial charge is 0.492 e. The molecule has 0 bridgehead atoms. The Balaban J connectivity index is 1.70. The highest BCUT2D eigenvalue weighted by Crippen LogP contribution is 2.27. The molecule has 4 rings (SSSR count). The smallest absolute Gasteiger partial charge is 0.261 e. The van der Waals surface area contributed by atoms with Crippen molar-refractivity contribution in [2.45, 2.75) is 13.8 Å². The minimum Gasteiger partial charge on any atom is -0.492 e. The summed E-state index contributed by atoms with van der Waals surface area (Å²) in [6.45, 7) is 4.41. The van der Waals surface area contributed by atoms with Gasteiger partial charge in [-0.2, -0.15) is 5.10 Å². The van der Waals surface area contributed by atoms with E-state index in [-0.39, 0.29) is 5.91 Å². The average molecular weight is 372 g/mol. The number of nitrogens with zero attached hydrogens (tertiary/aromatic N) is 3. The molecule has 0 spiro atoms. The predicted molar refractivity (Wildman–Crippen MR) is 109 cm³/mol. The number of amides is 1. The summed E-state index contributed by atoms with van der Waals surface area (Å²) in [5.41, 5.74) is 4.46. The monoisotopic (exact) mass is 372 g/mol. The Morgan fingerprint density at radius 1 is 1.14 bits per heavy atom. The molecule has 140 valence electrons. The second-order valence-corrected chi connectivity index (χ2v) is 6.38. The fraction of sp³-hybridized carbons (Fsp3) is 0.136. The number of aryl methyl sites for hydroxylation is 1. The molecule has 28 heavy (non-hydrogen) atoms. The van der Waals surface area contributed by atoms with Gasteiger partial charge in [-0.05, 0) is 37.6 Å². The van der Waals surface area contributed by atoms with Crippen molar-refractivity contribution in [3.8, 4) is 17.0 Å². The SMILES string of the molecule is CCOc1cc(C)ccc1NC(=O)c1cnn2c(-c3ccccc3)ccnc12. The number of hydrogen-bond acceptors (Lipinski definition) is 4. The molecule has 0 aliphatic carbocycles. The topological polar surface area (TPSA) is 68.5 Å². The lowest BCUT2D eigenvalue weighted by Gasteiger charge is -2.12. The van der Waals surface area contributed by atoms with Gasteiger partial charge in [-0.3, -0.25) is 4.79 Å². The van der Waals surface area contributed by atoms with Crippen LogP contribution in [0, 0.1) is 6.92 Å². The van der Waals surface area contributed by atoms with Crippen LogP contribution in [0.2, 0.25) is 0 Å². The van der Waals surface area contributed by atoms with E-state index in [1.54, 1.807) is 16.9 Å². The lowest BCUT2D eigenvalue weighted by atomic mass is 10.1. The first-order chi connectivity index (χ1) is 13.7. The Labute approximate surface area is 162 Å². The minimum absolute atomic E-state index is 0.280. The molecule has 0 aliphatic heterocycles. The van der Waals surface area contributed by atoms with Crippen molar-refractivity contribution < 1.29 is 9.53 Å². The van der Waals surface area contributed by atoms with Crippen molar-refractivity contribution in [2.75, 3.05) is 11.9 Å². The van der Waals surface area contributed by atoms with Crippen molar-refractivity contribution in [3.63, 3.8) is 0 Å². The van der Waals surface area contributed by atoms with Gasteiger partial charge >= 0.3 is 0 Å². The van der Waals surface area contributed by atoms with Gasteiger partial charge in [-0.1, -0.05) is 36.4 Å². The summed E-state index contributed by atoms with van der Waals surface area (Å²) in [5, 5.41) is 7.31. The van der Waals surface area contributed by atoms with Crippen LogP contribution in [0.1, 0.15) is 22.8 Å². The van der Waals surface area contributed by atoms with Gasteiger partial charge < -0.3 is 10.1 Å². The Morgan fingerprint density at radius 3 is 2.75 bits per heavy atom. The zero-order valence-corrected chi connectivity index (χ0v) is 15.7. The van der Waals surface area contributed by atoms with Crippen LogP contribution in [0.3, 0.4) is 0 Å². The van der Waals surface area contributed by atoms with E-state index in [1.165, 1.54) is 0 Å². The van der Waals surface area contributed by atoms with E-state index in [9.17, 15) is 4.79 Å². The number of fused-ring (bicyclic) bond motifs is 1. The van der Waals surface area contributed by atoms with E-state index >= 15 is 0 Å². The summed E-state index contributed by atoms with van der Waals surface area (Å²) >= 11 is 0. The fourth-order valence-electron chi connectivity index (χ4n) is 3.08. The van der Waals surface area contributed by atoms with E-state index in [2.05, 4.69) is 15.4 Å². The first-order valence-corrected chi connectivity index (χ1v) is 9.10. The van der Waals surface area contributed by atoms with Crippen molar-refractivity contribution in [1.29, 1.82) is 0 Å². The molecule has 1 amide bonds. The van der Waals surface area contributed by atoms with Crippen LogP contribution in [0.15, 0.2) is 67.0 Å². The van der Waals surface area contributed by atoms with Crippen LogP contribution < -0.4 is 10.1 Å². The zero-order valence-electron chi connectivity index (χ0n) is 15.7. The van der Waals surface area contributed by atoms with Crippen LogP contribution >= 0.6 is 0 Å². The maximum atomic E-state index is 12.9. The van der Waals surface area contributed by atoms with Gasteiger partial charge in [-0.25, -0.2) is 9.50 Å². The van der Waals surface area contributed by atoms with E-state index in [0.29, 0.717) is 29.3 Å². The van der Waals surface area contributed by atoms with Crippen molar-refractivity contribution in [1.82, 2.24) is 14.6 Å². The summed E-state index contributed by atoms with van der Waals surface area (Å²) in [5.74, 6) is 0.364. The van der Waals surface area contributed by atoms with Gasteiger partial charge in [0, 0.05) is 11.8 Å². The Kier molecular flexibility index (Phi) is 4.76. The summed E-state index contributed by atoms with van der Waals surface area (Å²) in [7, 11) is 0. The molecule has 2 aromatic heterocycles. The molecule has 2 aromatic carbocycles. The molecular formula is C22H20N4O2. The first kappa shape index (κ1) is 17.7. The third-order valence-electron chi connectivity index (χ3n) is 4.40. The molecule has 0 atom stereocenters. The number of rotatable bonds is 5. The van der Waals surface area contributed by atoms with Gasteiger partial charge in [0.05, 0.1) is 24.2 Å². The fourth-order valence-corrected chi connectivity index (χ4v) is 3.08. The summed E-state index contributed by atoms with van der Waals surface area (Å²) in [6, 6.07) is 17.4. The molecule has 0 radical (unpaired) electrons. The van der Waals surface area contributed by atoms with Gasteiger partial charge in [0.25, 0.3) is 5.91 Å². The average Bonchev–Trinajstić information content (AvgIpc) is 3.15. The van der Waals surface area contributed by atoms with Crippen LogP contribution in [-0.4, -0.2) is 27.1 Å². The molecular weight excluding hydrogens is 352 g/mol. The molecule has 2 heterocycles. The number of ether oxygens (including phenoxy) is 1. The number of benzene rings is 2. The standard InChI is InChI=1S/C22H20N4O2/c1-3-28-20-13-15(2)9-10-18(20)25-22(27)17-14-24-26-19(11-12-23-21(17)26)16-7-5-4-6-8-16/h4-14H,3H2,1-2H3,(H,25,27). The Morgan fingerprint density at radius 2 is 1.96 bits per heavy atom. The quantitative estimate of drug-likeness (QED) is 0.565. The normalized spacial score (nSPS) is 10.8. The van der Waals surface area contributed by atoms with Gasteiger partial charge in [0.1, 0.15) is 11.3 Å². The van der Waals surface area contributed by atoms with E-state index in [0.717, 1.165) is 16.8 Å². The number of carbonyl (C=O) groups is 1.